The van der Waals surface area contributed by atoms with Crippen molar-refractivity contribution in [2.24, 2.45) is 5.90 Å². The van der Waals surface area contributed by atoms with Crippen molar-refractivity contribution in [3.8, 4) is 11.8 Å². The standard InChI is InChI=1S/C10H10N2O2/c11-5-1-2-8-3-4-9(7-13)10(6-8)14-12/h3-4,6-7H,1-2,12H2. The largest absolute Gasteiger partial charge is 0.411 e. The lowest BCUT2D eigenvalue weighted by molar-refractivity contribution is 0.111. The summed E-state index contributed by atoms with van der Waals surface area (Å²) in [6.07, 6.45) is 1.74. The minimum Gasteiger partial charge on any atom is -0.411 e. The lowest BCUT2D eigenvalue weighted by atomic mass is 10.1. The molecule has 0 aliphatic carbocycles. The summed E-state index contributed by atoms with van der Waals surface area (Å²) in [6, 6.07) is 7.12. The maximum absolute atomic E-state index is 10.5. The normalized spacial score (nSPS) is 9.14. The smallest absolute Gasteiger partial charge is 0.157 e. The van der Waals surface area contributed by atoms with E-state index in [1.54, 1.807) is 18.2 Å². The highest BCUT2D eigenvalue weighted by Crippen LogP contribution is 2.18. The Balaban J connectivity index is 2.90. The van der Waals surface area contributed by atoms with Crippen LogP contribution in [-0.2, 0) is 6.42 Å². The Hall–Kier alpha value is -1.86. The Morgan fingerprint density at radius 1 is 1.57 bits per heavy atom. The molecule has 0 fully saturated rings. The Labute approximate surface area is 81.9 Å². The molecule has 0 spiro atoms. The molecule has 4 heteroatoms. The monoisotopic (exact) mass is 190 g/mol. The van der Waals surface area contributed by atoms with E-state index in [0.717, 1.165) is 5.56 Å². The maximum Gasteiger partial charge on any atom is 0.157 e. The van der Waals surface area contributed by atoms with Crippen molar-refractivity contribution in [3.05, 3.63) is 29.3 Å². The minimum atomic E-state index is 0.343. The fourth-order valence-corrected chi connectivity index (χ4v) is 1.13. The zero-order valence-corrected chi connectivity index (χ0v) is 7.56. The van der Waals surface area contributed by atoms with E-state index < -0.39 is 0 Å². The molecule has 0 aliphatic heterocycles. The number of hydrogen-bond acceptors (Lipinski definition) is 4. The summed E-state index contributed by atoms with van der Waals surface area (Å²) in [4.78, 5) is 15.1. The summed E-state index contributed by atoms with van der Waals surface area (Å²) in [5.74, 6) is 5.34. The number of aldehydes is 1. The highest BCUT2D eigenvalue weighted by molar-refractivity contribution is 5.79. The Bertz CT molecular complexity index is 369. The van der Waals surface area contributed by atoms with Gasteiger partial charge in [-0.2, -0.15) is 11.2 Å². The van der Waals surface area contributed by atoms with Crippen LogP contribution in [0, 0.1) is 11.3 Å². The first-order chi connectivity index (χ1) is 6.81. The lowest BCUT2D eigenvalue weighted by Gasteiger charge is -2.04. The fourth-order valence-electron chi connectivity index (χ4n) is 1.13. The average Bonchev–Trinajstić information content (AvgIpc) is 2.25. The second-order valence-electron chi connectivity index (χ2n) is 2.77. The number of aryl methyl sites for hydroxylation is 1. The number of nitrogens with zero attached hydrogens (tertiary/aromatic N) is 1. The van der Waals surface area contributed by atoms with Gasteiger partial charge in [0.15, 0.2) is 12.0 Å². The molecule has 0 unspecified atom stereocenters. The first kappa shape index (κ1) is 10.2. The number of nitrogens with two attached hydrogens (primary N) is 1. The van der Waals surface area contributed by atoms with Crippen LogP contribution in [0.2, 0.25) is 0 Å². The van der Waals surface area contributed by atoms with Crippen molar-refractivity contribution < 1.29 is 9.63 Å². The topological polar surface area (TPSA) is 76.1 Å². The lowest BCUT2D eigenvalue weighted by Crippen LogP contribution is -2.05. The van der Waals surface area contributed by atoms with E-state index in [9.17, 15) is 4.79 Å². The second-order valence-corrected chi connectivity index (χ2v) is 2.77. The van der Waals surface area contributed by atoms with Crippen molar-refractivity contribution in [2.45, 2.75) is 12.8 Å². The summed E-state index contributed by atoms with van der Waals surface area (Å²) < 4.78 is 0. The molecule has 0 heterocycles. The quantitative estimate of drug-likeness (QED) is 0.571. The van der Waals surface area contributed by atoms with E-state index in [1.807, 2.05) is 6.07 Å². The number of nitriles is 1. The van der Waals surface area contributed by atoms with E-state index in [1.165, 1.54) is 0 Å². The van der Waals surface area contributed by atoms with Gasteiger partial charge in [-0.1, -0.05) is 6.07 Å². The van der Waals surface area contributed by atoms with E-state index >= 15 is 0 Å². The molecule has 0 aliphatic rings. The van der Waals surface area contributed by atoms with Crippen LogP contribution in [0.15, 0.2) is 18.2 Å². The first-order valence-corrected chi connectivity index (χ1v) is 4.13. The Kier molecular flexibility index (Phi) is 3.65. The molecule has 1 rings (SSSR count). The van der Waals surface area contributed by atoms with Crippen molar-refractivity contribution in [1.82, 2.24) is 0 Å². The molecule has 1 aromatic carbocycles. The molecule has 0 saturated carbocycles. The van der Waals surface area contributed by atoms with Gasteiger partial charge in [0, 0.05) is 6.42 Å². The summed E-state index contributed by atoms with van der Waals surface area (Å²) in [5, 5.41) is 8.39. The molecule has 4 nitrogen and oxygen atoms in total. The third-order valence-electron chi connectivity index (χ3n) is 1.86. The van der Waals surface area contributed by atoms with Crippen molar-refractivity contribution in [3.63, 3.8) is 0 Å². The van der Waals surface area contributed by atoms with Crippen molar-refractivity contribution >= 4 is 6.29 Å². The second kappa shape index (κ2) is 5.00. The first-order valence-electron chi connectivity index (χ1n) is 4.13. The molecule has 0 aromatic heterocycles. The van der Waals surface area contributed by atoms with Crippen LogP contribution in [0.3, 0.4) is 0 Å². The van der Waals surface area contributed by atoms with Crippen LogP contribution in [-0.4, -0.2) is 6.29 Å². The van der Waals surface area contributed by atoms with Crippen LogP contribution in [0.5, 0.6) is 5.75 Å². The highest BCUT2D eigenvalue weighted by Gasteiger charge is 2.03. The number of benzene rings is 1. The van der Waals surface area contributed by atoms with Gasteiger partial charge >= 0.3 is 0 Å². The zero-order valence-electron chi connectivity index (χ0n) is 7.56. The molecular weight excluding hydrogens is 180 g/mol. The SMILES string of the molecule is N#CCCc1ccc(C=O)c(ON)c1. The van der Waals surface area contributed by atoms with E-state index in [4.69, 9.17) is 11.2 Å². The molecule has 14 heavy (non-hydrogen) atoms. The molecular formula is C10H10N2O2. The number of carbonyl (C=O) groups excluding carboxylic acids is 1. The van der Waals surface area contributed by atoms with Crippen LogP contribution in [0.25, 0.3) is 0 Å². The molecule has 2 N–H and O–H groups in total. The molecule has 0 radical (unpaired) electrons. The van der Waals surface area contributed by atoms with Gasteiger partial charge in [0.2, 0.25) is 0 Å². The van der Waals surface area contributed by atoms with Crippen LogP contribution >= 0.6 is 0 Å². The Morgan fingerprint density at radius 3 is 2.93 bits per heavy atom. The summed E-state index contributed by atoms with van der Waals surface area (Å²) in [5.41, 5.74) is 1.34. The van der Waals surface area contributed by atoms with Gasteiger partial charge in [0.05, 0.1) is 11.6 Å². The van der Waals surface area contributed by atoms with E-state index in [0.29, 0.717) is 30.4 Å². The van der Waals surface area contributed by atoms with Crippen molar-refractivity contribution in [1.29, 1.82) is 5.26 Å². The molecule has 0 saturated heterocycles. The highest BCUT2D eigenvalue weighted by atomic mass is 16.6. The summed E-state index contributed by atoms with van der Waals surface area (Å²) in [7, 11) is 0. The van der Waals surface area contributed by atoms with Gasteiger partial charge in [0.1, 0.15) is 0 Å². The molecule has 0 bridgehead atoms. The van der Waals surface area contributed by atoms with Gasteiger partial charge in [-0.05, 0) is 24.1 Å². The van der Waals surface area contributed by atoms with Gasteiger partial charge in [0.25, 0.3) is 0 Å². The Morgan fingerprint density at radius 2 is 2.36 bits per heavy atom. The molecule has 0 atom stereocenters. The number of rotatable bonds is 4. The predicted octanol–water partition coefficient (Wildman–Crippen LogP) is 1.21. The third-order valence-corrected chi connectivity index (χ3v) is 1.86. The fraction of sp³-hybridized carbons (Fsp3) is 0.200. The maximum atomic E-state index is 10.5. The number of carbonyl (C=O) groups is 1. The third kappa shape index (κ3) is 2.31. The van der Waals surface area contributed by atoms with Crippen LogP contribution in [0.1, 0.15) is 22.3 Å². The van der Waals surface area contributed by atoms with Crippen LogP contribution in [0.4, 0.5) is 0 Å². The van der Waals surface area contributed by atoms with Crippen molar-refractivity contribution in [2.75, 3.05) is 0 Å². The number of hydrogen-bond donors (Lipinski definition) is 1. The van der Waals surface area contributed by atoms with Gasteiger partial charge in [-0.25, -0.2) is 0 Å². The summed E-state index contributed by atoms with van der Waals surface area (Å²) >= 11 is 0. The molecule has 72 valence electrons. The van der Waals surface area contributed by atoms with E-state index in [2.05, 4.69) is 4.84 Å². The summed E-state index contributed by atoms with van der Waals surface area (Å²) in [6.45, 7) is 0. The molecule has 0 amide bonds. The van der Waals surface area contributed by atoms with Gasteiger partial charge in [-0.3, -0.25) is 4.79 Å². The predicted molar refractivity (Wildman–Crippen MR) is 50.6 cm³/mol. The van der Waals surface area contributed by atoms with Gasteiger partial charge in [-0.15, -0.1) is 0 Å². The minimum absolute atomic E-state index is 0.343. The average molecular weight is 190 g/mol. The zero-order chi connectivity index (χ0) is 10.4. The van der Waals surface area contributed by atoms with E-state index in [-0.39, 0.29) is 0 Å². The molecule has 1 aromatic rings. The van der Waals surface area contributed by atoms with Gasteiger partial charge < -0.3 is 4.84 Å². The van der Waals surface area contributed by atoms with Crippen LogP contribution < -0.4 is 10.7 Å².